The summed E-state index contributed by atoms with van der Waals surface area (Å²) in [5, 5.41) is 29.2. The summed E-state index contributed by atoms with van der Waals surface area (Å²) in [6.45, 7) is 25.3. The summed E-state index contributed by atoms with van der Waals surface area (Å²) in [6, 6.07) is 48.0. The van der Waals surface area contributed by atoms with E-state index in [-0.39, 0.29) is 94.7 Å². The minimum Gasteiger partial charge on any atom is -0.481 e. The summed E-state index contributed by atoms with van der Waals surface area (Å²) in [5.41, 5.74) is 0. The fourth-order valence-corrected chi connectivity index (χ4v) is 9.98. The molecule has 6 aliphatic carbocycles. The molecular weight excluding hydrogens is 1320 g/mol. The van der Waals surface area contributed by atoms with Crippen LogP contribution in [-0.2, 0) is 123 Å². The third-order valence-corrected chi connectivity index (χ3v) is 12.6. The molecule has 10 rings (SSSR count). The third kappa shape index (κ3) is 91.7. The molecule has 92 heavy (non-hydrogen) atoms. The first-order chi connectivity index (χ1) is 42.7. The summed E-state index contributed by atoms with van der Waals surface area (Å²) in [6.07, 6.45) is 19.1. The number of hydrogen-bond donors (Lipinski definition) is 4. The Hall–Kier alpha value is -4.67. The van der Waals surface area contributed by atoms with Crippen LogP contribution in [0, 0.1) is 47.3 Å². The number of ketones is 3. The van der Waals surface area contributed by atoms with E-state index in [1.165, 1.54) is 103 Å². The zero-order chi connectivity index (χ0) is 70.4. The van der Waals surface area contributed by atoms with Crippen molar-refractivity contribution in [3.63, 3.8) is 0 Å². The molecule has 6 saturated carbocycles. The van der Waals surface area contributed by atoms with E-state index in [4.69, 9.17) is 34.8 Å². The van der Waals surface area contributed by atoms with Gasteiger partial charge in [-0.3, -0.25) is 24.0 Å². The molecule has 4 aromatic rings. The topological polar surface area (TPSA) is 254 Å². The van der Waals surface area contributed by atoms with Gasteiger partial charge in [0.25, 0.3) is 17.9 Å². The first kappa shape index (κ1) is 106. The number of hydrogen-bond acceptors (Lipinski definition) is 13. The molecule has 0 aliphatic heterocycles. The second kappa shape index (κ2) is 82.4. The van der Waals surface area contributed by atoms with Gasteiger partial charge in [-0.15, -0.1) is 0 Å². The van der Waals surface area contributed by atoms with Crippen LogP contribution in [0.2, 0.25) is 0 Å². The average Bonchev–Trinajstić information content (AvgIpc) is 1.65. The molecule has 16 nitrogen and oxygen atoms in total. The van der Waals surface area contributed by atoms with E-state index in [9.17, 15) is 24.0 Å². The van der Waals surface area contributed by atoms with E-state index < -0.39 is 17.9 Å². The molecular formula is C74H122O16Y2. The number of methoxy groups -OCH3 is 2. The molecule has 18 heteroatoms. The van der Waals surface area contributed by atoms with E-state index in [1.54, 1.807) is 105 Å². The molecule has 2 radical (unpaired) electrons. The summed E-state index contributed by atoms with van der Waals surface area (Å²) in [5.74, 6) is 7.18. The summed E-state index contributed by atoms with van der Waals surface area (Å²) in [7, 11) is 4.36. The molecule has 0 aromatic heterocycles. The number of ether oxygens (including phenoxy) is 4. The molecule has 0 spiro atoms. The maximum atomic E-state index is 9.82. The largest absolute Gasteiger partial charge is 0.481 e. The molecule has 0 heterocycles. The second-order valence-electron chi connectivity index (χ2n) is 21.1. The van der Waals surface area contributed by atoms with Crippen molar-refractivity contribution in [1.29, 1.82) is 0 Å². The van der Waals surface area contributed by atoms with Gasteiger partial charge in [-0.2, -0.15) is 0 Å². The van der Waals surface area contributed by atoms with E-state index in [0.29, 0.717) is 13.2 Å². The Morgan fingerprint density at radius 2 is 0.424 bits per heavy atom. The van der Waals surface area contributed by atoms with Gasteiger partial charge in [-0.25, -0.2) is 0 Å². The van der Waals surface area contributed by atoms with Crippen molar-refractivity contribution < 1.29 is 143 Å². The molecule has 0 amide bonds. The Morgan fingerprint density at radius 3 is 0.500 bits per heavy atom. The molecule has 4 N–H and O–H groups in total. The van der Waals surface area contributed by atoms with Gasteiger partial charge >= 0.3 is 11.9 Å². The van der Waals surface area contributed by atoms with Crippen molar-refractivity contribution >= 4 is 47.2 Å². The van der Waals surface area contributed by atoms with E-state index in [2.05, 4.69) is 18.9 Å². The van der Waals surface area contributed by atoms with Gasteiger partial charge in [0.2, 0.25) is 0 Å². The Morgan fingerprint density at radius 1 is 0.304 bits per heavy atom. The van der Waals surface area contributed by atoms with Crippen molar-refractivity contribution in [3.8, 4) is 0 Å². The Kier molecular flexibility index (Phi) is 95.0. The number of Topliss-reactive ketones (excluding diaryl/α,β-unsaturated/α-hetero) is 3. The minimum absolute atomic E-state index is 0. The van der Waals surface area contributed by atoms with Crippen LogP contribution < -0.4 is 0 Å². The van der Waals surface area contributed by atoms with Crippen molar-refractivity contribution in [2.24, 2.45) is 47.3 Å². The number of carboxylic acid groups (broad SMARTS) is 3. The maximum Gasteiger partial charge on any atom is 0.302 e. The number of aliphatic hydroxyl groups is 1. The second-order valence-corrected chi connectivity index (χ2v) is 21.1. The molecule has 6 aliphatic rings. The molecule has 520 valence electrons. The number of carbonyl (C=O) groups excluding carboxylic acids is 5. The van der Waals surface area contributed by atoms with Crippen molar-refractivity contribution in [1.82, 2.24) is 0 Å². The predicted molar refractivity (Wildman–Crippen MR) is 366 cm³/mol. The maximum absolute atomic E-state index is 9.82. The Balaban J connectivity index is -0.000000115. The van der Waals surface area contributed by atoms with Crippen molar-refractivity contribution in [2.45, 2.75) is 181 Å². The van der Waals surface area contributed by atoms with Gasteiger partial charge < -0.3 is 53.8 Å². The van der Waals surface area contributed by atoms with E-state index >= 15 is 0 Å². The van der Waals surface area contributed by atoms with Gasteiger partial charge in [0, 0.05) is 135 Å². The molecule has 6 fully saturated rings. The fourth-order valence-electron chi connectivity index (χ4n) is 9.98. The monoisotopic (exact) mass is 1440 g/mol. The van der Waals surface area contributed by atoms with Gasteiger partial charge in [-0.1, -0.05) is 158 Å². The number of esters is 2. The summed E-state index contributed by atoms with van der Waals surface area (Å²) in [4.78, 5) is 75.0. The van der Waals surface area contributed by atoms with Gasteiger partial charge in [0.1, 0.15) is 17.3 Å². The fraction of sp³-hybridized carbons (Fsp3) is 0.568. The Labute approximate surface area is 607 Å². The minimum atomic E-state index is -0.833. The van der Waals surface area contributed by atoms with Crippen LogP contribution in [-0.4, -0.2) is 115 Å². The van der Waals surface area contributed by atoms with Crippen LogP contribution in [0.15, 0.2) is 146 Å². The third-order valence-electron chi connectivity index (χ3n) is 12.6. The number of carboxylic acids is 3. The number of rotatable bonds is 4. The van der Waals surface area contributed by atoms with E-state index in [1.807, 2.05) is 159 Å². The van der Waals surface area contributed by atoms with Gasteiger partial charge in [0.15, 0.2) is 0 Å². The van der Waals surface area contributed by atoms with Crippen LogP contribution in [0.25, 0.3) is 0 Å². The summed E-state index contributed by atoms with van der Waals surface area (Å²) < 4.78 is 17.9. The van der Waals surface area contributed by atoms with Gasteiger partial charge in [0.05, 0.1) is 13.2 Å². The number of aliphatic hydroxyl groups excluding tert-OH is 1. The van der Waals surface area contributed by atoms with Crippen LogP contribution in [0.1, 0.15) is 181 Å². The van der Waals surface area contributed by atoms with E-state index in [0.717, 1.165) is 41.1 Å². The number of carbonyl (C=O) groups is 8. The molecule has 8 unspecified atom stereocenters. The zero-order valence-corrected chi connectivity index (χ0v) is 65.3. The molecule has 4 bridgehead atoms. The first-order valence-electron chi connectivity index (χ1n) is 31.4. The van der Waals surface area contributed by atoms with Crippen LogP contribution >= 0.6 is 0 Å². The average molecular weight is 1450 g/mol. The molecule has 0 saturated heterocycles. The number of fused-ring (bicyclic) bond motifs is 10. The standard InChI is InChI=1S/2C10H16.4C6H6.2C4H8O2.2C3H8O.3C3H6O.3C2H4O2.CH4O.2Y/c2*1-2-9-7-4-5-8(6-7)10(9)3-1;4*1-2-4-6-5-3-1;2*1-3-6-4(2)5;2*1-3-4-2;3*1-3(2)4;3*1-2(3)4;1-2;;/h2*7-10H,1-6H2;4*1-6H;2*3H2,1-2H3;2*3H2,1-2H3;3*1-2H3;3*1H3,(H,3,4);2H,1H3;;. The van der Waals surface area contributed by atoms with Crippen LogP contribution in [0.5, 0.6) is 0 Å². The van der Waals surface area contributed by atoms with Gasteiger partial charge in [-0.05, 0) is 181 Å². The summed E-state index contributed by atoms with van der Waals surface area (Å²) >= 11 is 0. The van der Waals surface area contributed by atoms with Crippen LogP contribution in [0.4, 0.5) is 0 Å². The van der Waals surface area contributed by atoms with Crippen molar-refractivity contribution in [3.05, 3.63) is 146 Å². The molecule has 4 aromatic carbocycles. The normalized spacial score (nSPS) is 18.0. The van der Waals surface area contributed by atoms with Crippen LogP contribution in [0.3, 0.4) is 0 Å². The SMILES string of the molecule is C1CC2C3CCC(C3)C2C1.C1CC2C3CCC(C3)C2C1.CC(=O)O.CC(=O)O.CC(=O)O.CC(C)=O.CC(C)=O.CC(C)=O.CCOC.CCOC.CCOC(C)=O.CCOC(C)=O.CO.[Y].[Y].c1ccccc1.c1ccccc1.c1ccccc1.c1ccccc1. The zero-order valence-electron chi connectivity index (χ0n) is 59.6. The smallest absolute Gasteiger partial charge is 0.302 e. The quantitative estimate of drug-likeness (QED) is 0.139. The predicted octanol–water partition coefficient (Wildman–Crippen LogP) is 16.5. The van der Waals surface area contributed by atoms with Crippen molar-refractivity contribution in [2.75, 3.05) is 47.8 Å². The first-order valence-corrected chi connectivity index (χ1v) is 31.4. The number of benzene rings is 4. The Bertz CT molecular complexity index is 1750. The molecule has 8 atom stereocenters. The number of aliphatic carboxylic acids is 3.